The van der Waals surface area contributed by atoms with E-state index in [1.807, 2.05) is 92.5 Å². The summed E-state index contributed by atoms with van der Waals surface area (Å²) in [6.45, 7) is 0.737. The predicted octanol–water partition coefficient (Wildman–Crippen LogP) is 4.00. The SMILES string of the molecule is COc1cccc(OCCn2c(-c3ccccc3)cn3nc([C]4[CH][CH][CH][CH]4)cc3c2=O)c1. The normalized spacial score (nSPS) is 14.2. The molecule has 0 aliphatic heterocycles. The number of rotatable bonds is 7. The van der Waals surface area contributed by atoms with Gasteiger partial charge in [-0.2, -0.15) is 5.10 Å². The summed E-state index contributed by atoms with van der Waals surface area (Å²) in [5, 5.41) is 4.65. The zero-order chi connectivity index (χ0) is 21.9. The van der Waals surface area contributed by atoms with Gasteiger partial charge in [-0.1, -0.05) is 36.4 Å². The van der Waals surface area contributed by atoms with E-state index in [9.17, 15) is 4.79 Å². The molecule has 1 aliphatic rings. The summed E-state index contributed by atoms with van der Waals surface area (Å²) in [6.07, 6.45) is 9.80. The van der Waals surface area contributed by atoms with Crippen molar-refractivity contribution in [2.45, 2.75) is 6.54 Å². The average molecular weight is 424 g/mol. The van der Waals surface area contributed by atoms with E-state index < -0.39 is 0 Å². The average Bonchev–Trinajstić information content (AvgIpc) is 3.51. The molecule has 0 amide bonds. The molecule has 2 aromatic carbocycles. The molecule has 0 saturated heterocycles. The number of ether oxygens (including phenoxy) is 2. The van der Waals surface area contributed by atoms with Crippen LogP contribution in [-0.4, -0.2) is 27.9 Å². The fourth-order valence-corrected chi connectivity index (χ4v) is 3.78. The van der Waals surface area contributed by atoms with Crippen molar-refractivity contribution in [1.82, 2.24) is 14.2 Å². The van der Waals surface area contributed by atoms with Gasteiger partial charge >= 0.3 is 0 Å². The Morgan fingerprint density at radius 1 is 0.938 bits per heavy atom. The van der Waals surface area contributed by atoms with Gasteiger partial charge in [0.1, 0.15) is 23.6 Å². The molecule has 0 unspecified atom stereocenters. The first-order valence-corrected chi connectivity index (χ1v) is 10.4. The van der Waals surface area contributed by atoms with Gasteiger partial charge in [0.05, 0.1) is 31.2 Å². The number of methoxy groups -OCH3 is 1. The highest BCUT2D eigenvalue weighted by Crippen LogP contribution is 2.30. The van der Waals surface area contributed by atoms with Crippen molar-refractivity contribution in [1.29, 1.82) is 0 Å². The Labute approximate surface area is 187 Å². The molecule has 32 heavy (non-hydrogen) atoms. The zero-order valence-corrected chi connectivity index (χ0v) is 17.6. The summed E-state index contributed by atoms with van der Waals surface area (Å²) < 4.78 is 14.6. The molecule has 5 radical (unpaired) electrons. The van der Waals surface area contributed by atoms with Gasteiger partial charge in [-0.05, 0) is 49.4 Å². The number of nitrogens with zero attached hydrogens (tertiary/aromatic N) is 3. The van der Waals surface area contributed by atoms with Crippen LogP contribution in [0.4, 0.5) is 0 Å². The lowest BCUT2D eigenvalue weighted by Gasteiger charge is -2.14. The smallest absolute Gasteiger partial charge is 0.277 e. The van der Waals surface area contributed by atoms with Crippen LogP contribution in [0.3, 0.4) is 0 Å². The van der Waals surface area contributed by atoms with Crippen LogP contribution in [0.1, 0.15) is 5.69 Å². The van der Waals surface area contributed by atoms with E-state index >= 15 is 0 Å². The Balaban J connectivity index is 1.50. The quantitative estimate of drug-likeness (QED) is 0.450. The van der Waals surface area contributed by atoms with Crippen LogP contribution in [0.2, 0.25) is 0 Å². The summed E-state index contributed by atoms with van der Waals surface area (Å²) >= 11 is 0. The van der Waals surface area contributed by atoms with Gasteiger partial charge in [-0.15, -0.1) is 0 Å². The lowest BCUT2D eigenvalue weighted by molar-refractivity contribution is 0.295. The largest absolute Gasteiger partial charge is 0.497 e. The first-order valence-electron chi connectivity index (χ1n) is 10.4. The minimum Gasteiger partial charge on any atom is -0.497 e. The van der Waals surface area contributed by atoms with Gasteiger partial charge in [0.25, 0.3) is 5.56 Å². The monoisotopic (exact) mass is 424 g/mol. The molecule has 1 saturated carbocycles. The number of aromatic nitrogens is 3. The lowest BCUT2D eigenvalue weighted by atomic mass is 10.0. The summed E-state index contributed by atoms with van der Waals surface area (Å²) in [5.74, 6) is 2.41. The molecule has 1 fully saturated rings. The van der Waals surface area contributed by atoms with Gasteiger partial charge in [-0.3, -0.25) is 4.79 Å². The van der Waals surface area contributed by atoms with E-state index in [4.69, 9.17) is 9.47 Å². The van der Waals surface area contributed by atoms with Crippen LogP contribution in [0.5, 0.6) is 11.5 Å². The molecule has 159 valence electrons. The van der Waals surface area contributed by atoms with Crippen molar-refractivity contribution < 1.29 is 9.47 Å². The molecular weight excluding hydrogens is 402 g/mol. The fourth-order valence-electron chi connectivity index (χ4n) is 3.78. The van der Waals surface area contributed by atoms with Gasteiger partial charge in [0.15, 0.2) is 0 Å². The van der Waals surface area contributed by atoms with Crippen LogP contribution < -0.4 is 15.0 Å². The van der Waals surface area contributed by atoms with Gasteiger partial charge in [0, 0.05) is 12.0 Å². The van der Waals surface area contributed by atoms with Crippen LogP contribution in [-0.2, 0) is 6.54 Å². The van der Waals surface area contributed by atoms with E-state index in [0.29, 0.717) is 24.4 Å². The Bertz CT molecular complexity index is 1270. The first-order chi connectivity index (χ1) is 15.7. The van der Waals surface area contributed by atoms with Crippen LogP contribution in [0.25, 0.3) is 16.8 Å². The molecule has 5 rings (SSSR count). The topological polar surface area (TPSA) is 57.8 Å². The second kappa shape index (κ2) is 8.91. The first kappa shape index (κ1) is 20.4. The molecule has 0 N–H and O–H groups in total. The van der Waals surface area contributed by atoms with E-state index in [-0.39, 0.29) is 5.56 Å². The minimum atomic E-state index is -0.106. The van der Waals surface area contributed by atoms with Crippen molar-refractivity contribution in [3.8, 4) is 22.8 Å². The summed E-state index contributed by atoms with van der Waals surface area (Å²) in [4.78, 5) is 13.5. The number of hydrogen-bond donors (Lipinski definition) is 0. The van der Waals surface area contributed by atoms with Crippen LogP contribution in [0, 0.1) is 31.6 Å². The Morgan fingerprint density at radius 2 is 1.72 bits per heavy atom. The number of fused-ring (bicyclic) bond motifs is 1. The molecule has 2 heterocycles. The molecule has 2 aromatic heterocycles. The van der Waals surface area contributed by atoms with E-state index in [1.165, 1.54) is 0 Å². The van der Waals surface area contributed by atoms with Crippen LogP contribution in [0.15, 0.2) is 71.7 Å². The van der Waals surface area contributed by atoms with Crippen LogP contribution >= 0.6 is 0 Å². The highest BCUT2D eigenvalue weighted by atomic mass is 16.5. The number of hydrogen-bond acceptors (Lipinski definition) is 4. The summed E-state index contributed by atoms with van der Waals surface area (Å²) in [6, 6.07) is 19.1. The fraction of sp³-hybridized carbons (Fsp3) is 0.115. The third kappa shape index (κ3) is 4.00. The molecule has 6 heteroatoms. The second-order valence-corrected chi connectivity index (χ2v) is 7.40. The van der Waals surface area contributed by atoms with Crippen molar-refractivity contribution in [2.75, 3.05) is 13.7 Å². The summed E-state index contributed by atoms with van der Waals surface area (Å²) in [7, 11) is 1.62. The standard InChI is InChI=1S/C26H22N3O3/c1-31-21-12-7-13-22(16-21)32-15-14-28-25(20-10-3-2-4-11-20)18-29-24(26(28)30)17-23(27-29)19-8-5-6-9-19/h2-13,16-18H,14-15H2,1H3. The third-order valence-corrected chi connectivity index (χ3v) is 5.39. The van der Waals surface area contributed by atoms with E-state index in [1.54, 1.807) is 16.2 Å². The minimum absolute atomic E-state index is 0.106. The Kier molecular flexibility index (Phi) is 5.67. The van der Waals surface area contributed by atoms with Gasteiger partial charge in [-0.25, -0.2) is 4.52 Å². The van der Waals surface area contributed by atoms with Crippen molar-refractivity contribution >= 4 is 5.52 Å². The maximum Gasteiger partial charge on any atom is 0.277 e. The zero-order valence-electron chi connectivity index (χ0n) is 17.6. The molecular formula is C26H22N3O3. The van der Waals surface area contributed by atoms with Gasteiger partial charge in [0.2, 0.25) is 0 Å². The maximum atomic E-state index is 13.5. The number of benzene rings is 2. The third-order valence-electron chi connectivity index (χ3n) is 5.39. The maximum absolute atomic E-state index is 13.5. The van der Waals surface area contributed by atoms with Gasteiger partial charge < -0.3 is 14.0 Å². The molecule has 0 spiro atoms. The predicted molar refractivity (Wildman–Crippen MR) is 123 cm³/mol. The Hall–Kier alpha value is -3.54. The molecule has 0 atom stereocenters. The second-order valence-electron chi connectivity index (χ2n) is 7.40. The molecule has 1 aliphatic carbocycles. The molecule has 0 bridgehead atoms. The van der Waals surface area contributed by atoms with Crippen molar-refractivity contribution in [3.05, 3.63) is 115 Å². The van der Waals surface area contributed by atoms with E-state index in [2.05, 4.69) is 5.10 Å². The van der Waals surface area contributed by atoms with Crippen molar-refractivity contribution in [3.63, 3.8) is 0 Å². The highest BCUT2D eigenvalue weighted by Gasteiger charge is 2.23. The molecule has 4 aromatic rings. The summed E-state index contributed by atoms with van der Waals surface area (Å²) in [5.41, 5.74) is 2.93. The van der Waals surface area contributed by atoms with Crippen molar-refractivity contribution in [2.24, 2.45) is 0 Å². The Morgan fingerprint density at radius 3 is 2.50 bits per heavy atom. The highest BCUT2D eigenvalue weighted by molar-refractivity contribution is 5.62. The van der Waals surface area contributed by atoms with E-state index in [0.717, 1.165) is 28.6 Å². The molecule has 6 nitrogen and oxygen atoms in total. The lowest BCUT2D eigenvalue weighted by Crippen LogP contribution is -2.26.